The maximum absolute atomic E-state index is 15.3. The van der Waals surface area contributed by atoms with Gasteiger partial charge in [-0.2, -0.15) is 11.3 Å². The number of allylic oxidation sites excluding steroid dienone is 1. The van der Waals surface area contributed by atoms with E-state index in [0.717, 1.165) is 61.4 Å². The zero-order chi connectivity index (χ0) is 42.2. The van der Waals surface area contributed by atoms with Gasteiger partial charge in [0.15, 0.2) is 28.8 Å². The van der Waals surface area contributed by atoms with Crippen LogP contribution in [0.25, 0.3) is 0 Å². The molecule has 0 unspecified atom stereocenters. The Morgan fingerprint density at radius 1 is 0.850 bits per heavy atom. The van der Waals surface area contributed by atoms with Crippen LogP contribution in [0.3, 0.4) is 0 Å². The van der Waals surface area contributed by atoms with E-state index in [0.29, 0.717) is 81.5 Å². The number of thiophene rings is 1. The second-order valence-corrected chi connectivity index (χ2v) is 17.0. The Balaban J connectivity index is 1.21. The van der Waals surface area contributed by atoms with Crippen LogP contribution in [0.5, 0.6) is 23.0 Å². The molecule has 7 rings (SSSR count). The third kappa shape index (κ3) is 9.46. The van der Waals surface area contributed by atoms with Gasteiger partial charge in [0.2, 0.25) is 6.29 Å². The Morgan fingerprint density at radius 2 is 1.52 bits per heavy atom. The molecule has 0 saturated carbocycles. The first kappa shape index (κ1) is 44.2. The van der Waals surface area contributed by atoms with E-state index in [2.05, 4.69) is 57.8 Å². The first-order chi connectivity index (χ1) is 29.3. The number of hydrogen-bond donors (Lipinski definition) is 1. The fourth-order valence-electron chi connectivity index (χ4n) is 10.1. The van der Waals surface area contributed by atoms with Gasteiger partial charge < -0.3 is 47.9 Å². The van der Waals surface area contributed by atoms with Crippen molar-refractivity contribution in [3.8, 4) is 23.0 Å². The van der Waals surface area contributed by atoms with Gasteiger partial charge in [0.25, 0.3) is 5.91 Å². The molecule has 4 aliphatic heterocycles. The highest BCUT2D eigenvalue weighted by Crippen LogP contribution is 2.50. The van der Waals surface area contributed by atoms with Crippen LogP contribution in [-0.2, 0) is 36.6 Å². The molecule has 0 bridgehead atoms. The molecule has 60 heavy (non-hydrogen) atoms. The molecule has 328 valence electrons. The number of fused-ring (bicyclic) bond motifs is 4. The van der Waals surface area contributed by atoms with Crippen LogP contribution in [0.15, 0.2) is 52.9 Å². The van der Waals surface area contributed by atoms with Gasteiger partial charge in [-0.1, -0.05) is 13.3 Å². The van der Waals surface area contributed by atoms with Gasteiger partial charge in [-0.05, 0) is 126 Å². The van der Waals surface area contributed by atoms with Gasteiger partial charge in [-0.3, -0.25) is 9.69 Å². The summed E-state index contributed by atoms with van der Waals surface area (Å²) in [5.74, 6) is 3.72. The largest absolute Gasteiger partial charge is 0.493 e. The van der Waals surface area contributed by atoms with Crippen molar-refractivity contribution in [2.45, 2.75) is 76.7 Å². The van der Waals surface area contributed by atoms with Crippen LogP contribution in [0, 0.1) is 17.8 Å². The lowest BCUT2D eigenvalue weighted by atomic mass is 9.72. The highest BCUT2D eigenvalue weighted by molar-refractivity contribution is 7.08. The smallest absolute Gasteiger partial charge is 0.289 e. The Kier molecular flexibility index (Phi) is 15.3. The lowest BCUT2D eigenvalue weighted by Gasteiger charge is -2.49. The zero-order valence-electron chi connectivity index (χ0n) is 36.2. The van der Waals surface area contributed by atoms with Crippen LogP contribution < -0.4 is 18.9 Å². The summed E-state index contributed by atoms with van der Waals surface area (Å²) in [5, 5.41) is 13.3. The number of nitrogens with zero attached hydrogens (tertiary/aromatic N) is 2. The Labute approximate surface area is 359 Å². The molecule has 2 aromatic carbocycles. The Morgan fingerprint density at radius 3 is 2.17 bits per heavy atom. The van der Waals surface area contributed by atoms with Crippen molar-refractivity contribution < 1.29 is 47.8 Å². The van der Waals surface area contributed by atoms with Crippen LogP contribution in [0.1, 0.15) is 85.3 Å². The van der Waals surface area contributed by atoms with Crippen LogP contribution in [0.2, 0.25) is 0 Å². The minimum absolute atomic E-state index is 0.0147. The SMILES string of the molecule is CCO[C@@H]1OC(C(=O)N2CCc3cc(OC)c(OC)cc3[C@H]2C[C@H]2C[C@H]3c4cc(OC)c(OC)cc4CCN3C[C@@H]2CC)=C[C@H](c2ccsc2)[C@H]1CCOCCOCCO. The second-order valence-electron chi connectivity index (χ2n) is 16.2. The summed E-state index contributed by atoms with van der Waals surface area (Å²) >= 11 is 1.64. The van der Waals surface area contributed by atoms with E-state index in [4.69, 9.17) is 43.0 Å². The van der Waals surface area contributed by atoms with Gasteiger partial charge in [0.05, 0.1) is 60.9 Å². The number of aliphatic hydroxyl groups is 1. The third-order valence-electron chi connectivity index (χ3n) is 13.1. The molecule has 1 aromatic heterocycles. The van der Waals surface area contributed by atoms with Gasteiger partial charge in [-0.15, -0.1) is 0 Å². The van der Waals surface area contributed by atoms with E-state index >= 15 is 4.79 Å². The highest BCUT2D eigenvalue weighted by Gasteiger charge is 2.45. The highest BCUT2D eigenvalue weighted by atomic mass is 32.1. The van der Waals surface area contributed by atoms with E-state index in [-0.39, 0.29) is 36.4 Å². The van der Waals surface area contributed by atoms with Crippen molar-refractivity contribution in [2.75, 3.05) is 87.7 Å². The lowest BCUT2D eigenvalue weighted by Crippen LogP contribution is -2.48. The van der Waals surface area contributed by atoms with E-state index < -0.39 is 6.29 Å². The van der Waals surface area contributed by atoms with Gasteiger partial charge in [0.1, 0.15) is 0 Å². The molecule has 5 heterocycles. The molecule has 7 atom stereocenters. The summed E-state index contributed by atoms with van der Waals surface area (Å²) in [6.07, 6.45) is 6.57. The molecule has 13 heteroatoms. The third-order valence-corrected chi connectivity index (χ3v) is 13.8. The molecule has 3 aromatic rings. The average Bonchev–Trinajstić information content (AvgIpc) is 3.83. The van der Waals surface area contributed by atoms with Gasteiger partial charge in [0, 0.05) is 50.7 Å². The monoisotopic (exact) mass is 848 g/mol. The molecular formula is C47H64N2O10S. The maximum atomic E-state index is 15.3. The van der Waals surface area contributed by atoms with Crippen molar-refractivity contribution in [3.05, 3.63) is 80.7 Å². The number of carbonyl (C=O) groups is 1. The Hall–Kier alpha value is -3.85. The normalized spacial score (nSPS) is 25.0. The molecule has 0 radical (unpaired) electrons. The summed E-state index contributed by atoms with van der Waals surface area (Å²) in [6.45, 7) is 8.87. The molecule has 0 spiro atoms. The first-order valence-electron chi connectivity index (χ1n) is 21.7. The van der Waals surface area contributed by atoms with E-state index in [9.17, 15) is 0 Å². The number of rotatable bonds is 19. The fourth-order valence-corrected chi connectivity index (χ4v) is 10.8. The molecular weight excluding hydrogens is 785 g/mol. The number of amides is 1. The standard InChI is InChI=1S/C47H64N2O10S/c1-7-30-28-48-13-9-31-23-41(52-3)43(54-5)26-37(31)39(48)21-34(30)22-40-38-27-44(55-6)42(53-4)24-32(38)10-14-49(40)46(51)45-25-36(33-12-20-60-29-33)35(47(59-45)58-8-2)11-16-56-18-19-57-17-15-50/h12,20,23-27,29-30,34-36,39-40,47,50H,7-11,13-19,21-22,28H2,1-6H3/t30-,34+,35+,36+,39-,40+,47+/m0/s1. The number of carbonyl (C=O) groups excluding carboxylic acids is 1. The van der Waals surface area contributed by atoms with Crippen LogP contribution in [0.4, 0.5) is 0 Å². The molecule has 1 N–H and O–H groups in total. The Bertz CT molecular complexity index is 1900. The lowest BCUT2D eigenvalue weighted by molar-refractivity contribution is -0.173. The number of hydrogen-bond acceptors (Lipinski definition) is 12. The van der Waals surface area contributed by atoms with Gasteiger partial charge >= 0.3 is 0 Å². The summed E-state index contributed by atoms with van der Waals surface area (Å²) < 4.78 is 47.5. The zero-order valence-corrected chi connectivity index (χ0v) is 37.0. The predicted molar refractivity (Wildman–Crippen MR) is 230 cm³/mol. The number of benzene rings is 2. The van der Waals surface area contributed by atoms with Crippen LogP contribution in [-0.4, -0.2) is 115 Å². The van der Waals surface area contributed by atoms with Crippen molar-refractivity contribution in [1.29, 1.82) is 0 Å². The van der Waals surface area contributed by atoms with E-state index in [1.807, 2.05) is 13.0 Å². The van der Waals surface area contributed by atoms with E-state index in [1.165, 1.54) is 16.7 Å². The minimum Gasteiger partial charge on any atom is -0.493 e. The average molecular weight is 849 g/mol. The molecule has 12 nitrogen and oxygen atoms in total. The van der Waals surface area contributed by atoms with Gasteiger partial charge in [-0.25, -0.2) is 0 Å². The van der Waals surface area contributed by atoms with Crippen molar-refractivity contribution >= 4 is 17.2 Å². The summed E-state index contributed by atoms with van der Waals surface area (Å²) in [7, 11) is 6.74. The number of piperidine rings is 1. The molecule has 1 amide bonds. The molecule has 0 aliphatic carbocycles. The topological polar surface area (TPSA) is 118 Å². The second kappa shape index (κ2) is 20.8. The molecule has 1 saturated heterocycles. The minimum atomic E-state index is -0.631. The van der Waals surface area contributed by atoms with E-state index in [1.54, 1.807) is 39.8 Å². The van der Waals surface area contributed by atoms with Crippen molar-refractivity contribution in [1.82, 2.24) is 9.80 Å². The number of aliphatic hydroxyl groups excluding tert-OH is 1. The predicted octanol–water partition coefficient (Wildman–Crippen LogP) is 7.34. The number of methoxy groups -OCH3 is 4. The van der Waals surface area contributed by atoms with Crippen LogP contribution >= 0.6 is 11.3 Å². The summed E-state index contributed by atoms with van der Waals surface area (Å²) in [4.78, 5) is 20.0. The first-order valence-corrected chi connectivity index (χ1v) is 22.6. The quantitative estimate of drug-likeness (QED) is 0.122. The number of ether oxygens (including phenoxy) is 8. The van der Waals surface area contributed by atoms with Crippen molar-refractivity contribution in [3.63, 3.8) is 0 Å². The maximum Gasteiger partial charge on any atom is 0.289 e. The molecule has 1 fully saturated rings. The fraction of sp³-hybridized carbons (Fsp3) is 0.596. The molecule has 4 aliphatic rings. The summed E-state index contributed by atoms with van der Waals surface area (Å²) in [5.41, 5.74) is 6.05. The summed E-state index contributed by atoms with van der Waals surface area (Å²) in [6, 6.07) is 10.7. The van der Waals surface area contributed by atoms with Crippen molar-refractivity contribution in [2.24, 2.45) is 17.8 Å².